The van der Waals surface area contributed by atoms with Gasteiger partial charge in [-0.1, -0.05) is 35.9 Å². The Bertz CT molecular complexity index is 783. The van der Waals surface area contributed by atoms with Crippen molar-refractivity contribution >= 4 is 40.9 Å². The van der Waals surface area contributed by atoms with Crippen molar-refractivity contribution in [3.63, 3.8) is 0 Å². The Morgan fingerprint density at radius 1 is 1.07 bits per heavy atom. The number of nitrogens with zero attached hydrogens (tertiary/aromatic N) is 1. The maximum Gasteiger partial charge on any atom is 0.238 e. The van der Waals surface area contributed by atoms with Gasteiger partial charge >= 0.3 is 0 Å². The number of anilines is 1. The van der Waals surface area contributed by atoms with Gasteiger partial charge in [0, 0.05) is 9.92 Å². The molecule has 27 heavy (non-hydrogen) atoms. The first-order chi connectivity index (χ1) is 12.9. The first-order valence-electron chi connectivity index (χ1n) is 8.55. The summed E-state index contributed by atoms with van der Waals surface area (Å²) in [6, 6.07) is 14.8. The normalized spacial score (nSPS) is 11.9. The van der Waals surface area contributed by atoms with Crippen LogP contribution in [0.15, 0.2) is 53.4 Å². The summed E-state index contributed by atoms with van der Waals surface area (Å²) >= 11 is 7.45. The third-order valence-electron chi connectivity index (χ3n) is 3.96. The SMILES string of the molecule is CSc1ccccc1NC(=O)CN(C)CC(=O)N[C@H](C)c1ccc(Cl)cc1. The second kappa shape index (κ2) is 10.3. The summed E-state index contributed by atoms with van der Waals surface area (Å²) in [5.74, 6) is -0.296. The van der Waals surface area contributed by atoms with Crippen molar-refractivity contribution in [1.29, 1.82) is 0 Å². The van der Waals surface area contributed by atoms with Crippen molar-refractivity contribution < 1.29 is 9.59 Å². The van der Waals surface area contributed by atoms with Crippen LogP contribution in [0.1, 0.15) is 18.5 Å². The number of carbonyl (C=O) groups is 2. The number of thioether (sulfide) groups is 1. The fraction of sp³-hybridized carbons (Fsp3) is 0.300. The fourth-order valence-corrected chi connectivity index (χ4v) is 3.29. The highest BCUT2D eigenvalue weighted by Gasteiger charge is 2.14. The summed E-state index contributed by atoms with van der Waals surface area (Å²) in [5, 5.41) is 6.48. The van der Waals surface area contributed by atoms with Crippen LogP contribution in [0.4, 0.5) is 5.69 Å². The lowest BCUT2D eigenvalue weighted by molar-refractivity contribution is -0.123. The van der Waals surface area contributed by atoms with Crippen LogP contribution in [-0.4, -0.2) is 43.1 Å². The Labute approximate surface area is 169 Å². The number of amides is 2. The predicted molar refractivity (Wildman–Crippen MR) is 112 cm³/mol. The molecule has 0 bridgehead atoms. The quantitative estimate of drug-likeness (QED) is 0.655. The van der Waals surface area contributed by atoms with E-state index in [0.29, 0.717) is 5.02 Å². The third-order valence-corrected chi connectivity index (χ3v) is 5.00. The van der Waals surface area contributed by atoms with E-state index in [1.54, 1.807) is 35.8 Å². The lowest BCUT2D eigenvalue weighted by atomic mass is 10.1. The van der Waals surface area contributed by atoms with E-state index < -0.39 is 0 Å². The predicted octanol–water partition coefficient (Wildman–Crippen LogP) is 3.81. The first kappa shape index (κ1) is 21.3. The average Bonchev–Trinajstić information content (AvgIpc) is 2.62. The molecule has 0 radical (unpaired) electrons. The molecule has 144 valence electrons. The molecule has 7 heteroatoms. The molecule has 0 heterocycles. The molecule has 0 aliphatic carbocycles. The summed E-state index contributed by atoms with van der Waals surface area (Å²) in [7, 11) is 1.74. The van der Waals surface area contributed by atoms with Gasteiger partial charge in [-0.2, -0.15) is 0 Å². The van der Waals surface area contributed by atoms with Crippen molar-refractivity contribution in [3.8, 4) is 0 Å². The van der Waals surface area contributed by atoms with Gasteiger partial charge in [-0.15, -0.1) is 11.8 Å². The largest absolute Gasteiger partial charge is 0.348 e. The number of benzene rings is 2. The molecule has 2 rings (SSSR count). The van der Waals surface area contributed by atoms with Crippen LogP contribution in [0.2, 0.25) is 5.02 Å². The standard InChI is InChI=1S/C20H24ClN3O2S/c1-14(15-8-10-16(21)11-9-15)22-19(25)12-24(2)13-20(26)23-17-6-4-5-7-18(17)27-3/h4-11,14H,12-13H2,1-3H3,(H,22,25)(H,23,26)/t14-/m1/s1. The molecule has 0 unspecified atom stereocenters. The van der Waals surface area contributed by atoms with E-state index >= 15 is 0 Å². The Kier molecular flexibility index (Phi) is 8.16. The molecule has 0 spiro atoms. The van der Waals surface area contributed by atoms with E-state index in [1.165, 1.54) is 0 Å². The molecule has 2 aromatic carbocycles. The van der Waals surface area contributed by atoms with Crippen LogP contribution < -0.4 is 10.6 Å². The van der Waals surface area contributed by atoms with E-state index in [9.17, 15) is 9.59 Å². The molecule has 0 saturated heterocycles. The van der Waals surface area contributed by atoms with E-state index in [0.717, 1.165) is 16.1 Å². The molecular weight excluding hydrogens is 382 g/mol. The Hall–Kier alpha value is -2.02. The minimum absolute atomic E-state index is 0.130. The number of hydrogen-bond donors (Lipinski definition) is 2. The molecule has 2 N–H and O–H groups in total. The van der Waals surface area contributed by atoms with Crippen LogP contribution >= 0.6 is 23.4 Å². The molecule has 0 fully saturated rings. The van der Waals surface area contributed by atoms with Crippen molar-refractivity contribution in [2.75, 3.05) is 31.7 Å². The zero-order valence-corrected chi connectivity index (χ0v) is 17.2. The highest BCUT2D eigenvalue weighted by atomic mass is 35.5. The number of halogens is 1. The summed E-state index contributed by atoms with van der Waals surface area (Å²) in [6.07, 6.45) is 1.96. The average molecular weight is 406 g/mol. The number of hydrogen-bond acceptors (Lipinski definition) is 4. The van der Waals surface area contributed by atoms with E-state index in [-0.39, 0.29) is 30.9 Å². The van der Waals surface area contributed by atoms with Gasteiger partial charge in [-0.3, -0.25) is 14.5 Å². The second-order valence-corrected chi connectivity index (χ2v) is 7.55. The number of rotatable bonds is 8. The lowest BCUT2D eigenvalue weighted by Gasteiger charge is -2.19. The van der Waals surface area contributed by atoms with Gasteiger partial charge in [0.15, 0.2) is 0 Å². The smallest absolute Gasteiger partial charge is 0.238 e. The molecule has 1 atom stereocenters. The highest BCUT2D eigenvalue weighted by molar-refractivity contribution is 7.98. The fourth-order valence-electron chi connectivity index (χ4n) is 2.61. The summed E-state index contributed by atoms with van der Waals surface area (Å²) in [4.78, 5) is 27.2. The molecule has 2 amide bonds. The van der Waals surface area contributed by atoms with Gasteiger partial charge in [0.25, 0.3) is 0 Å². The highest BCUT2D eigenvalue weighted by Crippen LogP contribution is 2.24. The molecule has 0 aromatic heterocycles. The minimum Gasteiger partial charge on any atom is -0.348 e. The van der Waals surface area contributed by atoms with Crippen LogP contribution in [0, 0.1) is 0 Å². The zero-order chi connectivity index (χ0) is 19.8. The number of nitrogens with one attached hydrogen (secondary N) is 2. The van der Waals surface area contributed by atoms with Crippen LogP contribution in [0.5, 0.6) is 0 Å². The van der Waals surface area contributed by atoms with Gasteiger partial charge in [0.1, 0.15) is 0 Å². The topological polar surface area (TPSA) is 61.4 Å². The maximum atomic E-state index is 12.2. The first-order valence-corrected chi connectivity index (χ1v) is 10.2. The number of carbonyl (C=O) groups excluding carboxylic acids is 2. The Morgan fingerprint density at radius 2 is 1.70 bits per heavy atom. The minimum atomic E-state index is -0.155. The van der Waals surface area contributed by atoms with Crippen LogP contribution in [0.3, 0.4) is 0 Å². The Morgan fingerprint density at radius 3 is 2.37 bits per heavy atom. The van der Waals surface area contributed by atoms with Crippen molar-refractivity contribution in [3.05, 3.63) is 59.1 Å². The molecule has 0 aliphatic rings. The van der Waals surface area contributed by atoms with Crippen molar-refractivity contribution in [1.82, 2.24) is 10.2 Å². The summed E-state index contributed by atoms with van der Waals surface area (Å²) < 4.78 is 0. The molecule has 2 aromatic rings. The molecule has 0 saturated carbocycles. The van der Waals surface area contributed by atoms with Gasteiger partial charge < -0.3 is 10.6 Å². The maximum absolute atomic E-state index is 12.2. The lowest BCUT2D eigenvalue weighted by Crippen LogP contribution is -2.39. The summed E-state index contributed by atoms with van der Waals surface area (Å²) in [5.41, 5.74) is 1.76. The van der Waals surface area contributed by atoms with Crippen LogP contribution in [0.25, 0.3) is 0 Å². The second-order valence-electron chi connectivity index (χ2n) is 6.26. The number of para-hydroxylation sites is 1. The van der Waals surface area contributed by atoms with E-state index in [4.69, 9.17) is 11.6 Å². The molecule has 0 aliphatic heterocycles. The zero-order valence-electron chi connectivity index (χ0n) is 15.7. The molecular formula is C20H24ClN3O2S. The molecule has 5 nitrogen and oxygen atoms in total. The van der Waals surface area contributed by atoms with Gasteiger partial charge in [0.2, 0.25) is 11.8 Å². The third kappa shape index (κ3) is 6.90. The van der Waals surface area contributed by atoms with E-state index in [2.05, 4.69) is 10.6 Å². The van der Waals surface area contributed by atoms with Crippen LogP contribution in [-0.2, 0) is 9.59 Å². The van der Waals surface area contributed by atoms with Gasteiger partial charge in [-0.05, 0) is 50.1 Å². The van der Waals surface area contributed by atoms with Crippen molar-refractivity contribution in [2.45, 2.75) is 17.9 Å². The summed E-state index contributed by atoms with van der Waals surface area (Å²) in [6.45, 7) is 2.17. The Balaban J connectivity index is 1.81. The van der Waals surface area contributed by atoms with Crippen molar-refractivity contribution in [2.24, 2.45) is 0 Å². The van der Waals surface area contributed by atoms with Gasteiger partial charge in [-0.25, -0.2) is 0 Å². The van der Waals surface area contributed by atoms with Gasteiger partial charge in [0.05, 0.1) is 24.8 Å². The van der Waals surface area contributed by atoms with E-state index in [1.807, 2.05) is 49.6 Å². The monoisotopic (exact) mass is 405 g/mol. The number of likely N-dealkylation sites (N-methyl/N-ethyl adjacent to an activating group) is 1.